The van der Waals surface area contributed by atoms with Crippen molar-refractivity contribution in [3.05, 3.63) is 35.7 Å². The molecule has 0 spiro atoms. The van der Waals surface area contributed by atoms with Crippen LogP contribution in [0.4, 0.5) is 4.39 Å². The molecule has 0 saturated heterocycles. The summed E-state index contributed by atoms with van der Waals surface area (Å²) in [6.07, 6.45) is 2.83. The quantitative estimate of drug-likeness (QED) is 0.830. The highest BCUT2D eigenvalue weighted by Gasteiger charge is 2.10. The van der Waals surface area contributed by atoms with Gasteiger partial charge in [0.25, 0.3) is 0 Å². The number of primary sulfonamides is 1. The first-order valence-corrected chi connectivity index (χ1v) is 7.03. The molecule has 19 heavy (non-hydrogen) atoms. The molecule has 0 heterocycles. The molecule has 0 radical (unpaired) electrons. The van der Waals surface area contributed by atoms with Crippen molar-refractivity contribution in [3.63, 3.8) is 0 Å². The monoisotopic (exact) mass is 287 g/mol. The third kappa shape index (κ3) is 4.80. The van der Waals surface area contributed by atoms with E-state index >= 15 is 0 Å². The average molecular weight is 287 g/mol. The molecular weight excluding hydrogens is 273 g/mol. The summed E-state index contributed by atoms with van der Waals surface area (Å²) in [7, 11) is -3.92. The van der Waals surface area contributed by atoms with Gasteiger partial charge in [0, 0.05) is 5.56 Å². The van der Waals surface area contributed by atoms with Gasteiger partial charge in [-0.25, -0.2) is 17.9 Å². The number of sulfonamides is 1. The van der Waals surface area contributed by atoms with Crippen LogP contribution in [0.15, 0.2) is 29.2 Å². The molecule has 5 nitrogen and oxygen atoms in total. The lowest BCUT2D eigenvalue weighted by Crippen LogP contribution is -2.12. The molecule has 0 atom stereocenters. The van der Waals surface area contributed by atoms with E-state index in [1.807, 2.05) is 0 Å². The minimum Gasteiger partial charge on any atom is -0.466 e. The Hall–Kier alpha value is -1.73. The van der Waals surface area contributed by atoms with Gasteiger partial charge in [0.1, 0.15) is 5.82 Å². The summed E-state index contributed by atoms with van der Waals surface area (Å²) >= 11 is 0. The van der Waals surface area contributed by atoms with Crippen molar-refractivity contribution in [2.45, 2.75) is 18.2 Å². The molecule has 0 bridgehead atoms. The van der Waals surface area contributed by atoms with Crippen molar-refractivity contribution >= 4 is 22.1 Å². The van der Waals surface area contributed by atoms with E-state index in [4.69, 9.17) is 9.88 Å². The van der Waals surface area contributed by atoms with Gasteiger partial charge in [-0.2, -0.15) is 0 Å². The molecule has 104 valence electrons. The van der Waals surface area contributed by atoms with Crippen LogP contribution >= 0.6 is 0 Å². The first kappa shape index (κ1) is 15.3. The van der Waals surface area contributed by atoms with Crippen LogP contribution in [0.5, 0.6) is 0 Å². The summed E-state index contributed by atoms with van der Waals surface area (Å²) in [5, 5.41) is 4.88. The van der Waals surface area contributed by atoms with Gasteiger partial charge in [-0.05, 0) is 19.1 Å². The van der Waals surface area contributed by atoms with E-state index in [0.717, 1.165) is 6.07 Å². The van der Waals surface area contributed by atoms with E-state index < -0.39 is 21.8 Å². The Morgan fingerprint density at radius 2 is 2.16 bits per heavy atom. The number of esters is 1. The maximum Gasteiger partial charge on any atom is 0.309 e. The molecule has 0 aromatic heterocycles. The van der Waals surface area contributed by atoms with Crippen molar-refractivity contribution in [1.82, 2.24) is 0 Å². The SMILES string of the molecule is CCOC(=O)CC=Cc1ccc(S(N)(=O)=O)cc1F. The Balaban J connectivity index is 2.81. The highest BCUT2D eigenvalue weighted by atomic mass is 32.2. The predicted molar refractivity (Wildman–Crippen MR) is 68.1 cm³/mol. The fourth-order valence-electron chi connectivity index (χ4n) is 1.32. The fourth-order valence-corrected chi connectivity index (χ4v) is 1.85. The Kier molecular flexibility index (Phi) is 5.20. The summed E-state index contributed by atoms with van der Waals surface area (Å²) in [6.45, 7) is 1.97. The molecule has 1 rings (SSSR count). The van der Waals surface area contributed by atoms with Crippen LogP contribution in [-0.2, 0) is 19.6 Å². The first-order chi connectivity index (χ1) is 8.84. The number of hydrogen-bond donors (Lipinski definition) is 1. The normalized spacial score (nSPS) is 11.7. The number of carbonyl (C=O) groups excluding carboxylic acids is 1. The average Bonchev–Trinajstić information content (AvgIpc) is 2.30. The fraction of sp³-hybridized carbons (Fsp3) is 0.250. The van der Waals surface area contributed by atoms with Crippen molar-refractivity contribution in [2.24, 2.45) is 5.14 Å². The smallest absolute Gasteiger partial charge is 0.309 e. The molecule has 1 aromatic carbocycles. The molecule has 0 saturated carbocycles. The van der Waals surface area contributed by atoms with Crippen molar-refractivity contribution in [1.29, 1.82) is 0 Å². The van der Waals surface area contributed by atoms with Crippen molar-refractivity contribution in [2.75, 3.05) is 6.61 Å². The summed E-state index contributed by atoms with van der Waals surface area (Å²) in [4.78, 5) is 10.7. The van der Waals surface area contributed by atoms with Gasteiger partial charge in [-0.15, -0.1) is 0 Å². The summed E-state index contributed by atoms with van der Waals surface area (Å²) in [6, 6.07) is 3.30. The maximum atomic E-state index is 13.6. The minimum absolute atomic E-state index is 0.0181. The molecule has 1 aromatic rings. The van der Waals surface area contributed by atoms with Crippen LogP contribution in [0.2, 0.25) is 0 Å². The number of hydrogen-bond acceptors (Lipinski definition) is 4. The molecule has 7 heteroatoms. The highest BCUT2D eigenvalue weighted by molar-refractivity contribution is 7.89. The summed E-state index contributed by atoms with van der Waals surface area (Å²) < 4.78 is 40.3. The number of nitrogens with two attached hydrogens (primary N) is 1. The largest absolute Gasteiger partial charge is 0.466 e. The van der Waals surface area contributed by atoms with Gasteiger partial charge in [-0.1, -0.05) is 18.2 Å². The predicted octanol–water partition coefficient (Wildman–Crippen LogP) is 1.44. The number of rotatable bonds is 5. The van der Waals surface area contributed by atoms with Crippen LogP contribution in [0.3, 0.4) is 0 Å². The zero-order chi connectivity index (χ0) is 14.5. The molecule has 0 fully saturated rings. The van der Waals surface area contributed by atoms with Gasteiger partial charge in [0.05, 0.1) is 17.9 Å². The standard InChI is InChI=1S/C12H14FNO4S/c1-2-18-12(15)5-3-4-9-6-7-10(8-11(9)13)19(14,16)17/h3-4,6-8H,2,5H2,1H3,(H2,14,16,17). The molecular formula is C12H14FNO4S. The number of halogens is 1. The van der Waals surface area contributed by atoms with Gasteiger partial charge >= 0.3 is 5.97 Å². The van der Waals surface area contributed by atoms with E-state index in [0.29, 0.717) is 0 Å². The van der Waals surface area contributed by atoms with E-state index in [1.165, 1.54) is 24.3 Å². The van der Waals surface area contributed by atoms with E-state index in [1.54, 1.807) is 6.92 Å². The third-order valence-corrected chi connectivity index (χ3v) is 3.10. The molecule has 0 aliphatic carbocycles. The van der Waals surface area contributed by atoms with Crippen molar-refractivity contribution in [3.8, 4) is 0 Å². The minimum atomic E-state index is -3.92. The van der Waals surface area contributed by atoms with Crippen LogP contribution in [0, 0.1) is 5.82 Å². The second-order valence-corrected chi connectivity index (χ2v) is 5.20. The van der Waals surface area contributed by atoms with E-state index in [-0.39, 0.29) is 23.5 Å². The van der Waals surface area contributed by atoms with Gasteiger partial charge < -0.3 is 4.74 Å². The molecule has 0 aliphatic rings. The Labute approximate surface area is 110 Å². The Morgan fingerprint density at radius 3 is 2.68 bits per heavy atom. The molecule has 0 aliphatic heterocycles. The lowest BCUT2D eigenvalue weighted by Gasteiger charge is -2.01. The van der Waals surface area contributed by atoms with Gasteiger partial charge in [0.2, 0.25) is 10.0 Å². The second-order valence-electron chi connectivity index (χ2n) is 3.64. The second kappa shape index (κ2) is 6.44. The van der Waals surface area contributed by atoms with E-state index in [9.17, 15) is 17.6 Å². The molecule has 2 N–H and O–H groups in total. The lowest BCUT2D eigenvalue weighted by atomic mass is 10.2. The summed E-state index contributed by atoms with van der Waals surface area (Å²) in [5.74, 6) is -1.15. The Morgan fingerprint density at radius 1 is 1.47 bits per heavy atom. The highest BCUT2D eigenvalue weighted by Crippen LogP contribution is 2.15. The third-order valence-electron chi connectivity index (χ3n) is 2.19. The van der Waals surface area contributed by atoms with Crippen LogP contribution in [-0.4, -0.2) is 21.0 Å². The number of ether oxygens (including phenoxy) is 1. The maximum absolute atomic E-state index is 13.6. The topological polar surface area (TPSA) is 86.5 Å². The lowest BCUT2D eigenvalue weighted by molar-refractivity contribution is -0.142. The first-order valence-electron chi connectivity index (χ1n) is 5.49. The number of benzene rings is 1. The summed E-state index contributed by atoms with van der Waals surface area (Å²) in [5.41, 5.74) is 0.164. The van der Waals surface area contributed by atoms with Gasteiger partial charge in [0.15, 0.2) is 0 Å². The zero-order valence-electron chi connectivity index (χ0n) is 10.3. The van der Waals surface area contributed by atoms with Crippen LogP contribution < -0.4 is 5.14 Å². The Bertz CT molecular complexity index is 596. The zero-order valence-corrected chi connectivity index (χ0v) is 11.1. The van der Waals surface area contributed by atoms with Crippen LogP contribution in [0.25, 0.3) is 6.08 Å². The molecule has 0 unspecified atom stereocenters. The number of carbonyl (C=O) groups is 1. The van der Waals surface area contributed by atoms with Gasteiger partial charge in [-0.3, -0.25) is 4.79 Å². The van der Waals surface area contributed by atoms with Crippen LogP contribution in [0.1, 0.15) is 18.9 Å². The van der Waals surface area contributed by atoms with Crippen molar-refractivity contribution < 1.29 is 22.3 Å². The molecule has 0 amide bonds. The van der Waals surface area contributed by atoms with E-state index in [2.05, 4.69) is 0 Å².